The van der Waals surface area contributed by atoms with Crippen LogP contribution in [0.25, 0.3) is 0 Å². The first kappa shape index (κ1) is 14.5. The molecule has 1 atom stereocenters. The van der Waals surface area contributed by atoms with E-state index < -0.39 is 11.7 Å². The second kappa shape index (κ2) is 6.47. The van der Waals surface area contributed by atoms with Crippen molar-refractivity contribution in [1.82, 2.24) is 10.3 Å². The molecule has 0 fully saturated rings. The standard InChI is InChI=1S/C14H16FN3OS/c1-3-10(11-5-4-8-20-11)18-14(19)9-6-7-17-13(16-2)12(9)15/h4-8,10H,3H2,1-2H3,(H,16,17)(H,18,19). The third-order valence-electron chi connectivity index (χ3n) is 2.97. The van der Waals surface area contributed by atoms with Gasteiger partial charge in [0.05, 0.1) is 11.6 Å². The van der Waals surface area contributed by atoms with E-state index >= 15 is 0 Å². The highest BCUT2D eigenvalue weighted by Crippen LogP contribution is 2.23. The van der Waals surface area contributed by atoms with Crippen LogP contribution in [0.1, 0.15) is 34.6 Å². The number of aromatic nitrogens is 1. The fourth-order valence-electron chi connectivity index (χ4n) is 1.89. The Hall–Kier alpha value is -1.95. The monoisotopic (exact) mass is 293 g/mol. The van der Waals surface area contributed by atoms with Gasteiger partial charge in [-0.15, -0.1) is 11.3 Å². The van der Waals surface area contributed by atoms with Gasteiger partial charge in [-0.25, -0.2) is 9.37 Å². The SMILES string of the molecule is CCC(NC(=O)c1ccnc(NC)c1F)c1cccs1. The van der Waals surface area contributed by atoms with E-state index in [0.29, 0.717) is 0 Å². The van der Waals surface area contributed by atoms with Gasteiger partial charge in [0, 0.05) is 18.1 Å². The highest BCUT2D eigenvalue weighted by molar-refractivity contribution is 7.10. The number of hydrogen-bond donors (Lipinski definition) is 2. The van der Waals surface area contributed by atoms with Crippen LogP contribution in [0, 0.1) is 5.82 Å². The lowest BCUT2D eigenvalue weighted by molar-refractivity contribution is 0.0932. The van der Waals surface area contributed by atoms with Gasteiger partial charge in [-0.05, 0) is 23.9 Å². The summed E-state index contributed by atoms with van der Waals surface area (Å²) in [6.45, 7) is 1.98. The molecule has 2 aromatic heterocycles. The van der Waals surface area contributed by atoms with Crippen LogP contribution in [0.15, 0.2) is 29.8 Å². The fraction of sp³-hybridized carbons (Fsp3) is 0.286. The molecule has 0 saturated heterocycles. The van der Waals surface area contributed by atoms with Gasteiger partial charge in [-0.3, -0.25) is 4.79 Å². The maximum atomic E-state index is 14.0. The summed E-state index contributed by atoms with van der Waals surface area (Å²) in [5, 5.41) is 7.43. The van der Waals surface area contributed by atoms with Gasteiger partial charge in [0.1, 0.15) is 0 Å². The molecule has 0 saturated carbocycles. The zero-order chi connectivity index (χ0) is 14.5. The first-order valence-electron chi connectivity index (χ1n) is 6.33. The third kappa shape index (κ3) is 2.96. The summed E-state index contributed by atoms with van der Waals surface area (Å²) in [7, 11) is 1.56. The average Bonchev–Trinajstić information content (AvgIpc) is 2.98. The van der Waals surface area contributed by atoms with Crippen LogP contribution in [0.5, 0.6) is 0 Å². The van der Waals surface area contributed by atoms with E-state index in [4.69, 9.17) is 0 Å². The molecule has 20 heavy (non-hydrogen) atoms. The van der Waals surface area contributed by atoms with Crippen LogP contribution < -0.4 is 10.6 Å². The molecule has 0 aromatic carbocycles. The number of halogens is 1. The fourth-order valence-corrected chi connectivity index (χ4v) is 2.75. The number of pyridine rings is 1. The van der Waals surface area contributed by atoms with Crippen molar-refractivity contribution in [2.45, 2.75) is 19.4 Å². The summed E-state index contributed by atoms with van der Waals surface area (Å²) in [6, 6.07) is 5.17. The van der Waals surface area contributed by atoms with Gasteiger partial charge in [-0.1, -0.05) is 13.0 Å². The van der Waals surface area contributed by atoms with E-state index in [1.165, 1.54) is 12.3 Å². The molecule has 1 unspecified atom stereocenters. The molecule has 0 aliphatic carbocycles. The second-order valence-electron chi connectivity index (χ2n) is 4.22. The number of nitrogens with zero attached hydrogens (tertiary/aromatic N) is 1. The van der Waals surface area contributed by atoms with Crippen molar-refractivity contribution in [3.8, 4) is 0 Å². The second-order valence-corrected chi connectivity index (χ2v) is 5.20. The number of amides is 1. The Kier molecular flexibility index (Phi) is 4.68. The van der Waals surface area contributed by atoms with Crippen molar-refractivity contribution in [1.29, 1.82) is 0 Å². The molecule has 106 valence electrons. The molecule has 6 heteroatoms. The minimum absolute atomic E-state index is 0.000596. The molecule has 2 heterocycles. The van der Waals surface area contributed by atoms with E-state index in [2.05, 4.69) is 15.6 Å². The first-order valence-corrected chi connectivity index (χ1v) is 7.21. The van der Waals surface area contributed by atoms with Crippen molar-refractivity contribution in [3.05, 3.63) is 46.0 Å². The number of carbonyl (C=O) groups is 1. The Morgan fingerprint density at radius 2 is 2.30 bits per heavy atom. The first-order chi connectivity index (χ1) is 9.67. The minimum Gasteiger partial charge on any atom is -0.371 e. The Bertz CT molecular complexity index is 586. The lowest BCUT2D eigenvalue weighted by atomic mass is 10.1. The topological polar surface area (TPSA) is 54.0 Å². The number of thiophene rings is 1. The molecule has 0 aliphatic rings. The van der Waals surface area contributed by atoms with Crippen LogP contribution in [0.4, 0.5) is 10.2 Å². The molecule has 1 amide bonds. The maximum Gasteiger partial charge on any atom is 0.254 e. The van der Waals surface area contributed by atoms with Crippen molar-refractivity contribution < 1.29 is 9.18 Å². The lowest BCUT2D eigenvalue weighted by Gasteiger charge is -2.16. The van der Waals surface area contributed by atoms with Crippen molar-refractivity contribution in [3.63, 3.8) is 0 Å². The van der Waals surface area contributed by atoms with Crippen molar-refractivity contribution in [2.24, 2.45) is 0 Å². The number of carbonyl (C=O) groups excluding carboxylic acids is 1. The van der Waals surface area contributed by atoms with Crippen LogP contribution in [-0.4, -0.2) is 17.9 Å². The van der Waals surface area contributed by atoms with Crippen molar-refractivity contribution >= 4 is 23.1 Å². The third-order valence-corrected chi connectivity index (χ3v) is 3.96. The molecule has 0 bridgehead atoms. The average molecular weight is 293 g/mol. The zero-order valence-electron chi connectivity index (χ0n) is 11.3. The summed E-state index contributed by atoms with van der Waals surface area (Å²) < 4.78 is 14.0. The van der Waals surface area contributed by atoms with Gasteiger partial charge in [0.15, 0.2) is 11.6 Å². The molecule has 0 radical (unpaired) electrons. The summed E-state index contributed by atoms with van der Waals surface area (Å²) in [4.78, 5) is 17.1. The molecular weight excluding hydrogens is 277 g/mol. The lowest BCUT2D eigenvalue weighted by Crippen LogP contribution is -2.28. The van der Waals surface area contributed by atoms with Crippen LogP contribution in [-0.2, 0) is 0 Å². The maximum absolute atomic E-state index is 14.0. The molecule has 0 spiro atoms. The van der Waals surface area contributed by atoms with Crippen LogP contribution >= 0.6 is 11.3 Å². The molecule has 2 rings (SSSR count). The van der Waals surface area contributed by atoms with Gasteiger partial charge in [0.2, 0.25) is 0 Å². The smallest absolute Gasteiger partial charge is 0.254 e. The van der Waals surface area contributed by atoms with Crippen LogP contribution in [0.3, 0.4) is 0 Å². The van der Waals surface area contributed by atoms with Gasteiger partial charge >= 0.3 is 0 Å². The number of nitrogens with one attached hydrogen (secondary N) is 2. The molecule has 4 nitrogen and oxygen atoms in total. The van der Waals surface area contributed by atoms with Crippen LogP contribution in [0.2, 0.25) is 0 Å². The molecule has 0 aliphatic heterocycles. The van der Waals surface area contributed by atoms with E-state index in [0.717, 1.165) is 11.3 Å². The normalized spacial score (nSPS) is 11.9. The minimum atomic E-state index is -0.631. The Morgan fingerprint density at radius 3 is 2.90 bits per heavy atom. The van der Waals surface area contributed by atoms with E-state index in [9.17, 15) is 9.18 Å². The molecule has 2 aromatic rings. The predicted molar refractivity (Wildman–Crippen MR) is 78.6 cm³/mol. The number of rotatable bonds is 5. The largest absolute Gasteiger partial charge is 0.371 e. The van der Waals surface area contributed by atoms with Crippen molar-refractivity contribution in [2.75, 3.05) is 12.4 Å². The molecular formula is C14H16FN3OS. The Balaban J connectivity index is 2.19. The summed E-state index contributed by atoms with van der Waals surface area (Å²) in [5.74, 6) is -0.989. The van der Waals surface area contributed by atoms with Gasteiger partial charge < -0.3 is 10.6 Å². The summed E-state index contributed by atoms with van der Waals surface area (Å²) in [6.07, 6.45) is 2.16. The zero-order valence-corrected chi connectivity index (χ0v) is 12.1. The van der Waals surface area contributed by atoms with Gasteiger partial charge in [0.25, 0.3) is 5.91 Å². The molecule has 2 N–H and O–H groups in total. The van der Waals surface area contributed by atoms with Gasteiger partial charge in [-0.2, -0.15) is 0 Å². The quantitative estimate of drug-likeness (QED) is 0.890. The van der Waals surface area contributed by atoms with E-state index in [1.54, 1.807) is 18.4 Å². The Labute approximate surface area is 121 Å². The predicted octanol–water partition coefficient (Wildman–Crippen LogP) is 3.21. The number of anilines is 1. The Morgan fingerprint density at radius 1 is 1.50 bits per heavy atom. The van der Waals surface area contributed by atoms with E-state index in [-0.39, 0.29) is 17.4 Å². The number of hydrogen-bond acceptors (Lipinski definition) is 4. The van der Waals surface area contributed by atoms with E-state index in [1.807, 2.05) is 24.4 Å². The summed E-state index contributed by atoms with van der Waals surface area (Å²) in [5.41, 5.74) is -0.000596. The highest BCUT2D eigenvalue weighted by atomic mass is 32.1. The summed E-state index contributed by atoms with van der Waals surface area (Å²) >= 11 is 1.57. The highest BCUT2D eigenvalue weighted by Gasteiger charge is 2.19.